The Morgan fingerprint density at radius 1 is 1.09 bits per heavy atom. The average Bonchev–Trinajstić information content (AvgIpc) is 2.56. The molecule has 0 unspecified atom stereocenters. The standard InChI is InChI=1S/C20H24N2O/c1-15-10-12-17(13-11-15)19-16(2)7-6-14-22(19)20(23)21-18-8-4-3-5-9-18/h3-5,8-13,16,19H,6-7,14H2,1-2H3,(H,21,23)/t16-,19+/m0/s1. The van der Waals surface area contributed by atoms with Gasteiger partial charge < -0.3 is 10.2 Å². The van der Waals surface area contributed by atoms with Crippen LogP contribution < -0.4 is 5.32 Å². The van der Waals surface area contributed by atoms with Crippen molar-refractivity contribution in [2.45, 2.75) is 32.7 Å². The van der Waals surface area contributed by atoms with E-state index in [9.17, 15) is 4.79 Å². The van der Waals surface area contributed by atoms with Gasteiger partial charge in [0.25, 0.3) is 0 Å². The van der Waals surface area contributed by atoms with Crippen molar-refractivity contribution >= 4 is 11.7 Å². The van der Waals surface area contributed by atoms with Gasteiger partial charge in [0.15, 0.2) is 0 Å². The van der Waals surface area contributed by atoms with Crippen molar-refractivity contribution in [3.63, 3.8) is 0 Å². The summed E-state index contributed by atoms with van der Waals surface area (Å²) in [5.41, 5.74) is 3.32. The number of urea groups is 1. The third kappa shape index (κ3) is 3.55. The molecule has 3 heteroatoms. The Labute approximate surface area is 138 Å². The number of rotatable bonds is 2. The molecule has 1 aliphatic rings. The lowest BCUT2D eigenvalue weighted by Gasteiger charge is -2.40. The maximum absolute atomic E-state index is 12.8. The van der Waals surface area contributed by atoms with E-state index in [2.05, 4.69) is 43.4 Å². The van der Waals surface area contributed by atoms with Crippen molar-refractivity contribution in [3.05, 3.63) is 65.7 Å². The number of para-hydroxylation sites is 1. The number of carbonyl (C=O) groups is 1. The zero-order valence-corrected chi connectivity index (χ0v) is 13.8. The normalized spacial score (nSPS) is 21.0. The summed E-state index contributed by atoms with van der Waals surface area (Å²) in [5.74, 6) is 0.466. The average molecular weight is 308 g/mol. The Bertz CT molecular complexity index is 651. The van der Waals surface area contributed by atoms with Gasteiger partial charge in [0.1, 0.15) is 0 Å². The smallest absolute Gasteiger partial charge is 0.317 e. The Morgan fingerprint density at radius 3 is 2.48 bits per heavy atom. The summed E-state index contributed by atoms with van der Waals surface area (Å²) in [6, 6.07) is 18.4. The summed E-state index contributed by atoms with van der Waals surface area (Å²) in [4.78, 5) is 14.8. The van der Waals surface area contributed by atoms with Crippen molar-refractivity contribution in [3.8, 4) is 0 Å². The number of carbonyl (C=O) groups excluding carboxylic acids is 1. The van der Waals surface area contributed by atoms with Crippen LogP contribution in [0.1, 0.15) is 36.9 Å². The lowest BCUT2D eigenvalue weighted by Crippen LogP contribution is -2.44. The van der Waals surface area contributed by atoms with E-state index in [1.54, 1.807) is 0 Å². The molecule has 1 fully saturated rings. The highest BCUT2D eigenvalue weighted by Crippen LogP contribution is 2.36. The molecular formula is C20H24N2O. The first kappa shape index (κ1) is 15.6. The summed E-state index contributed by atoms with van der Waals surface area (Å²) in [6.07, 6.45) is 2.22. The first-order chi connectivity index (χ1) is 11.1. The molecule has 0 aliphatic carbocycles. The second-order valence-corrected chi connectivity index (χ2v) is 6.46. The molecule has 0 spiro atoms. The minimum absolute atomic E-state index is 0.00618. The molecule has 1 N–H and O–H groups in total. The van der Waals surface area contributed by atoms with Gasteiger partial charge in [-0.3, -0.25) is 0 Å². The van der Waals surface area contributed by atoms with Gasteiger partial charge in [0, 0.05) is 12.2 Å². The zero-order valence-electron chi connectivity index (χ0n) is 13.8. The van der Waals surface area contributed by atoms with Crippen molar-refractivity contribution in [1.82, 2.24) is 4.90 Å². The number of benzene rings is 2. The number of hydrogen-bond acceptors (Lipinski definition) is 1. The van der Waals surface area contributed by atoms with Gasteiger partial charge in [0.2, 0.25) is 0 Å². The number of nitrogens with zero attached hydrogens (tertiary/aromatic N) is 1. The van der Waals surface area contributed by atoms with E-state index in [1.807, 2.05) is 35.2 Å². The maximum Gasteiger partial charge on any atom is 0.322 e. The highest BCUT2D eigenvalue weighted by molar-refractivity contribution is 5.89. The summed E-state index contributed by atoms with van der Waals surface area (Å²) >= 11 is 0. The van der Waals surface area contributed by atoms with Crippen LogP contribution in [-0.2, 0) is 0 Å². The third-order valence-corrected chi connectivity index (χ3v) is 4.64. The largest absolute Gasteiger partial charge is 0.322 e. The summed E-state index contributed by atoms with van der Waals surface area (Å²) in [5, 5.41) is 3.03. The van der Waals surface area contributed by atoms with E-state index in [0.29, 0.717) is 5.92 Å². The first-order valence-corrected chi connectivity index (χ1v) is 8.34. The highest BCUT2D eigenvalue weighted by atomic mass is 16.2. The number of nitrogens with one attached hydrogen (secondary N) is 1. The third-order valence-electron chi connectivity index (χ3n) is 4.64. The van der Waals surface area contributed by atoms with Gasteiger partial charge in [-0.15, -0.1) is 0 Å². The van der Waals surface area contributed by atoms with Crippen LogP contribution in [0.3, 0.4) is 0 Å². The lowest BCUT2D eigenvalue weighted by molar-refractivity contribution is 0.129. The molecule has 3 rings (SSSR count). The van der Waals surface area contributed by atoms with Gasteiger partial charge in [-0.25, -0.2) is 4.79 Å². The zero-order chi connectivity index (χ0) is 16.2. The van der Waals surface area contributed by atoms with E-state index in [-0.39, 0.29) is 12.1 Å². The molecule has 1 heterocycles. The van der Waals surface area contributed by atoms with Gasteiger partial charge in [0.05, 0.1) is 6.04 Å². The van der Waals surface area contributed by atoms with Crippen molar-refractivity contribution in [2.24, 2.45) is 5.92 Å². The van der Waals surface area contributed by atoms with Crippen molar-refractivity contribution < 1.29 is 4.79 Å². The fraction of sp³-hybridized carbons (Fsp3) is 0.350. The van der Waals surface area contributed by atoms with Crippen LogP contribution in [-0.4, -0.2) is 17.5 Å². The maximum atomic E-state index is 12.8. The molecule has 0 aromatic heterocycles. The number of amides is 2. The van der Waals surface area contributed by atoms with Crippen molar-refractivity contribution in [1.29, 1.82) is 0 Å². The van der Waals surface area contributed by atoms with E-state index >= 15 is 0 Å². The van der Waals surface area contributed by atoms with Crippen LogP contribution in [0.5, 0.6) is 0 Å². The predicted molar refractivity (Wildman–Crippen MR) is 94.5 cm³/mol. The summed E-state index contributed by atoms with van der Waals surface area (Å²) < 4.78 is 0. The molecule has 2 aromatic rings. The Hall–Kier alpha value is -2.29. The summed E-state index contributed by atoms with van der Waals surface area (Å²) in [7, 11) is 0. The minimum atomic E-state index is -0.00618. The number of likely N-dealkylation sites (tertiary alicyclic amines) is 1. The predicted octanol–water partition coefficient (Wildman–Crippen LogP) is 5.00. The van der Waals surface area contributed by atoms with Gasteiger partial charge >= 0.3 is 6.03 Å². The molecular weight excluding hydrogens is 284 g/mol. The van der Waals surface area contributed by atoms with Crippen molar-refractivity contribution in [2.75, 3.05) is 11.9 Å². The Balaban J connectivity index is 1.82. The van der Waals surface area contributed by atoms with Gasteiger partial charge in [-0.1, -0.05) is 55.0 Å². The van der Waals surface area contributed by atoms with Crippen LogP contribution in [0.4, 0.5) is 10.5 Å². The van der Waals surface area contributed by atoms with Gasteiger partial charge in [-0.2, -0.15) is 0 Å². The minimum Gasteiger partial charge on any atom is -0.317 e. The Morgan fingerprint density at radius 2 is 1.78 bits per heavy atom. The second-order valence-electron chi connectivity index (χ2n) is 6.46. The molecule has 23 heavy (non-hydrogen) atoms. The number of anilines is 1. The molecule has 0 radical (unpaired) electrons. The van der Waals surface area contributed by atoms with Crippen LogP contribution in [0.25, 0.3) is 0 Å². The quantitative estimate of drug-likeness (QED) is 0.832. The molecule has 0 bridgehead atoms. The molecule has 2 amide bonds. The molecule has 1 aliphatic heterocycles. The topological polar surface area (TPSA) is 32.3 Å². The second kappa shape index (κ2) is 6.86. The van der Waals surface area contributed by atoms with E-state index in [0.717, 1.165) is 25.1 Å². The molecule has 2 aromatic carbocycles. The molecule has 120 valence electrons. The van der Waals surface area contributed by atoms with E-state index < -0.39 is 0 Å². The van der Waals surface area contributed by atoms with E-state index in [1.165, 1.54) is 11.1 Å². The van der Waals surface area contributed by atoms with Crippen LogP contribution in [0.2, 0.25) is 0 Å². The van der Waals surface area contributed by atoms with Crippen LogP contribution in [0.15, 0.2) is 54.6 Å². The summed E-state index contributed by atoms with van der Waals surface area (Å²) in [6.45, 7) is 5.14. The fourth-order valence-corrected chi connectivity index (χ4v) is 3.40. The first-order valence-electron chi connectivity index (χ1n) is 8.34. The van der Waals surface area contributed by atoms with E-state index in [4.69, 9.17) is 0 Å². The van der Waals surface area contributed by atoms with Gasteiger partial charge in [-0.05, 0) is 43.4 Å². The Kier molecular flexibility index (Phi) is 4.65. The highest BCUT2D eigenvalue weighted by Gasteiger charge is 2.33. The number of aryl methyl sites for hydroxylation is 1. The lowest BCUT2D eigenvalue weighted by atomic mass is 9.86. The van der Waals surface area contributed by atoms with Crippen LogP contribution >= 0.6 is 0 Å². The molecule has 3 nitrogen and oxygen atoms in total. The molecule has 2 atom stereocenters. The SMILES string of the molecule is Cc1ccc([C@H]2[C@@H](C)CCCN2C(=O)Nc2ccccc2)cc1. The monoisotopic (exact) mass is 308 g/mol. The molecule has 0 saturated carbocycles. The number of piperidine rings is 1. The fourth-order valence-electron chi connectivity index (χ4n) is 3.40. The molecule has 1 saturated heterocycles. The number of hydrogen-bond donors (Lipinski definition) is 1. The van der Waals surface area contributed by atoms with Crippen LogP contribution in [0, 0.1) is 12.8 Å².